The maximum Gasteiger partial charge on any atom is 0.337 e. The Balaban J connectivity index is 1.10. The van der Waals surface area contributed by atoms with Crippen molar-refractivity contribution in [3.05, 3.63) is 65.0 Å². The molecule has 5 atom stereocenters. The van der Waals surface area contributed by atoms with Gasteiger partial charge < -0.3 is 19.3 Å². The Hall–Kier alpha value is -3.19. The highest BCUT2D eigenvalue weighted by atomic mass is 16.5. The third kappa shape index (κ3) is 3.47. The van der Waals surface area contributed by atoms with Gasteiger partial charge in [-0.2, -0.15) is 0 Å². The summed E-state index contributed by atoms with van der Waals surface area (Å²) in [5.41, 5.74) is 4.60. The van der Waals surface area contributed by atoms with Crippen LogP contribution < -0.4 is 4.90 Å². The summed E-state index contributed by atoms with van der Waals surface area (Å²) in [6, 6.07) is 12.7. The molecule has 1 N–H and O–H groups in total. The van der Waals surface area contributed by atoms with Crippen molar-refractivity contribution in [3.8, 4) is 11.3 Å². The Morgan fingerprint density at radius 2 is 2.03 bits per heavy atom. The first-order valence-electron chi connectivity index (χ1n) is 12.7. The van der Waals surface area contributed by atoms with Gasteiger partial charge in [-0.25, -0.2) is 9.78 Å². The van der Waals surface area contributed by atoms with Crippen molar-refractivity contribution in [1.82, 2.24) is 10.1 Å². The number of benzene rings is 1. The number of aromatic carboxylic acids is 1. The summed E-state index contributed by atoms with van der Waals surface area (Å²) in [6.45, 7) is 2.66. The first kappa shape index (κ1) is 21.1. The predicted molar refractivity (Wildman–Crippen MR) is 129 cm³/mol. The topological polar surface area (TPSA) is 88.7 Å². The van der Waals surface area contributed by atoms with Crippen LogP contribution in [0.15, 0.2) is 47.1 Å². The summed E-state index contributed by atoms with van der Waals surface area (Å²) in [7, 11) is 0. The lowest BCUT2D eigenvalue weighted by Gasteiger charge is -2.35. The predicted octanol–water partition coefficient (Wildman–Crippen LogP) is 5.19. The lowest BCUT2D eigenvalue weighted by molar-refractivity contribution is 0.0696. The number of carboxylic acids is 1. The van der Waals surface area contributed by atoms with E-state index in [9.17, 15) is 9.90 Å². The minimum absolute atomic E-state index is 0.230. The Morgan fingerprint density at radius 3 is 2.77 bits per heavy atom. The lowest BCUT2D eigenvalue weighted by Crippen LogP contribution is -2.42. The maximum absolute atomic E-state index is 11.2. The second-order valence-electron chi connectivity index (χ2n) is 10.6. The van der Waals surface area contributed by atoms with Crippen molar-refractivity contribution in [1.29, 1.82) is 0 Å². The Kier molecular flexibility index (Phi) is 4.78. The van der Waals surface area contributed by atoms with Gasteiger partial charge in [0.25, 0.3) is 0 Å². The SMILES string of the molecule is Cc1ccccc1-c1noc(C2CC2)c1CO[C@H]1C2CC3CCC(C21)N3c1ccc(C(=O)O)cn1. The van der Waals surface area contributed by atoms with E-state index in [-0.39, 0.29) is 11.7 Å². The molecule has 7 rings (SSSR count). The monoisotopic (exact) mass is 471 g/mol. The third-order valence-corrected chi connectivity index (χ3v) is 8.54. The lowest BCUT2D eigenvalue weighted by atomic mass is 10.0. The molecule has 1 aromatic carbocycles. The van der Waals surface area contributed by atoms with Crippen LogP contribution in [0.4, 0.5) is 5.82 Å². The first-order chi connectivity index (χ1) is 17.1. The molecule has 0 radical (unpaired) electrons. The van der Waals surface area contributed by atoms with Crippen LogP contribution in [0.5, 0.6) is 0 Å². The molecule has 2 saturated heterocycles. The fraction of sp³-hybridized carbons (Fsp3) is 0.464. The fourth-order valence-corrected chi connectivity index (χ4v) is 6.61. The molecular weight excluding hydrogens is 442 g/mol. The van der Waals surface area contributed by atoms with E-state index in [0.29, 0.717) is 36.4 Å². The molecule has 7 nitrogen and oxygen atoms in total. The van der Waals surface area contributed by atoms with E-state index in [0.717, 1.165) is 54.1 Å². The van der Waals surface area contributed by atoms with E-state index in [1.807, 2.05) is 6.07 Å². The number of nitrogens with zero attached hydrogens (tertiary/aromatic N) is 3. The summed E-state index contributed by atoms with van der Waals surface area (Å²) in [5, 5.41) is 13.7. The third-order valence-electron chi connectivity index (χ3n) is 8.54. The fourth-order valence-electron chi connectivity index (χ4n) is 6.61. The first-order valence-corrected chi connectivity index (χ1v) is 12.7. The van der Waals surface area contributed by atoms with Crippen molar-refractivity contribution >= 4 is 11.8 Å². The molecule has 2 aliphatic heterocycles. The Bertz CT molecular complexity index is 1280. The van der Waals surface area contributed by atoms with Gasteiger partial charge >= 0.3 is 5.97 Å². The number of pyridine rings is 1. The highest BCUT2D eigenvalue weighted by molar-refractivity contribution is 5.87. The van der Waals surface area contributed by atoms with Crippen LogP contribution in [-0.2, 0) is 11.3 Å². The minimum atomic E-state index is -0.939. The van der Waals surface area contributed by atoms with E-state index >= 15 is 0 Å². The number of aryl methyl sites for hydroxylation is 1. The van der Waals surface area contributed by atoms with Gasteiger partial charge in [-0.3, -0.25) is 0 Å². The summed E-state index contributed by atoms with van der Waals surface area (Å²) in [6.07, 6.45) is 7.47. The van der Waals surface area contributed by atoms with Crippen LogP contribution in [0.3, 0.4) is 0 Å². The second kappa shape index (κ2) is 7.92. The van der Waals surface area contributed by atoms with Crippen molar-refractivity contribution < 1.29 is 19.2 Å². The molecule has 3 aromatic rings. The molecule has 4 aliphatic rings. The zero-order chi connectivity index (χ0) is 23.7. The normalized spacial score (nSPS) is 28.7. The van der Waals surface area contributed by atoms with Crippen molar-refractivity contribution in [2.45, 2.75) is 69.7 Å². The van der Waals surface area contributed by atoms with E-state index in [1.165, 1.54) is 18.2 Å². The molecule has 2 aromatic heterocycles. The Labute approximate surface area is 204 Å². The smallest absolute Gasteiger partial charge is 0.337 e. The zero-order valence-corrected chi connectivity index (χ0v) is 19.8. The quantitative estimate of drug-likeness (QED) is 0.507. The van der Waals surface area contributed by atoms with Gasteiger partial charge in [-0.05, 0) is 62.6 Å². The molecule has 2 aliphatic carbocycles. The zero-order valence-electron chi connectivity index (χ0n) is 19.8. The average molecular weight is 472 g/mol. The van der Waals surface area contributed by atoms with Gasteiger partial charge in [-0.15, -0.1) is 0 Å². The van der Waals surface area contributed by atoms with Gasteiger partial charge in [-0.1, -0.05) is 29.4 Å². The van der Waals surface area contributed by atoms with Gasteiger partial charge in [0, 0.05) is 41.2 Å². The molecule has 0 amide bonds. The molecule has 7 heteroatoms. The van der Waals surface area contributed by atoms with Crippen molar-refractivity contribution in [2.75, 3.05) is 4.90 Å². The number of aromatic nitrogens is 2. The van der Waals surface area contributed by atoms with Crippen LogP contribution >= 0.6 is 0 Å². The summed E-state index contributed by atoms with van der Waals surface area (Å²) >= 11 is 0. The molecule has 2 bridgehead atoms. The molecule has 0 spiro atoms. The van der Waals surface area contributed by atoms with Gasteiger partial charge in [0.05, 0.1) is 18.3 Å². The van der Waals surface area contributed by atoms with E-state index in [4.69, 9.17) is 9.26 Å². The molecule has 4 heterocycles. The van der Waals surface area contributed by atoms with Crippen LogP contribution in [0.25, 0.3) is 11.3 Å². The number of ether oxygens (including phenoxy) is 1. The second-order valence-corrected chi connectivity index (χ2v) is 10.6. The van der Waals surface area contributed by atoms with Crippen LogP contribution in [0.2, 0.25) is 0 Å². The molecular formula is C28H29N3O4. The number of hydrogen-bond donors (Lipinski definition) is 1. The van der Waals surface area contributed by atoms with Crippen molar-refractivity contribution in [3.63, 3.8) is 0 Å². The summed E-state index contributed by atoms with van der Waals surface area (Å²) in [4.78, 5) is 18.2. The standard InChI is InChI=1S/C28H29N3O4/c1-15-4-2-3-5-19(15)25-21(26(35-30-25)16-6-7-16)14-34-27-20-12-18-9-10-22(24(20)27)31(18)23-11-8-17(13-29-23)28(32)33/h2-5,8,11,13,16,18,20,22,24,27H,6-7,9-10,12,14H2,1H3,(H,32,33)/t18?,20?,22?,24?,27-/m0/s1. The molecule has 4 fully saturated rings. The number of fused-ring (bicyclic) bond motifs is 4. The van der Waals surface area contributed by atoms with Gasteiger partial charge in [0.2, 0.25) is 0 Å². The molecule has 180 valence electrons. The van der Waals surface area contributed by atoms with Crippen LogP contribution in [-0.4, -0.2) is 39.4 Å². The summed E-state index contributed by atoms with van der Waals surface area (Å²) < 4.78 is 12.5. The largest absolute Gasteiger partial charge is 0.478 e. The van der Waals surface area contributed by atoms with Crippen LogP contribution in [0, 0.1) is 18.8 Å². The maximum atomic E-state index is 11.2. The Morgan fingerprint density at radius 1 is 1.17 bits per heavy atom. The van der Waals surface area contributed by atoms with E-state index in [2.05, 4.69) is 46.2 Å². The number of piperidine rings is 1. The highest BCUT2D eigenvalue weighted by Crippen LogP contribution is 2.58. The number of rotatable bonds is 7. The summed E-state index contributed by atoms with van der Waals surface area (Å²) in [5.74, 6) is 2.53. The molecule has 2 saturated carbocycles. The molecule has 4 unspecified atom stereocenters. The van der Waals surface area contributed by atoms with Crippen molar-refractivity contribution in [2.24, 2.45) is 11.8 Å². The molecule has 35 heavy (non-hydrogen) atoms. The van der Waals surface area contributed by atoms with E-state index < -0.39 is 5.97 Å². The van der Waals surface area contributed by atoms with Gasteiger partial charge in [0.15, 0.2) is 0 Å². The number of anilines is 1. The average Bonchev–Trinajstić information content (AvgIpc) is 3.76. The van der Waals surface area contributed by atoms with E-state index in [1.54, 1.807) is 6.07 Å². The highest BCUT2D eigenvalue weighted by Gasteiger charge is 2.63. The number of carboxylic acid groups (broad SMARTS) is 1. The van der Waals surface area contributed by atoms with Gasteiger partial charge in [0.1, 0.15) is 17.3 Å². The van der Waals surface area contributed by atoms with Crippen LogP contribution in [0.1, 0.15) is 65.3 Å². The minimum Gasteiger partial charge on any atom is -0.478 e. The number of carbonyl (C=O) groups is 1. The number of hydrogen-bond acceptors (Lipinski definition) is 6.